The van der Waals surface area contributed by atoms with Gasteiger partial charge in [0, 0.05) is 5.56 Å². The highest BCUT2D eigenvalue weighted by atomic mass is 32.2. The minimum atomic E-state index is -4.66. The number of aromatic nitrogens is 1. The highest BCUT2D eigenvalue weighted by Crippen LogP contribution is 2.31. The number of nitrogens with zero attached hydrogens (tertiary/aromatic N) is 4. The largest absolute Gasteiger partial charge is 0.494 e. The number of carbonyl (C=O) groups excluding carboxylic acids is 1. The summed E-state index contributed by atoms with van der Waals surface area (Å²) in [5.41, 5.74) is -0.910. The van der Waals surface area contributed by atoms with Crippen molar-refractivity contribution >= 4 is 43.6 Å². The molecule has 3 aromatic rings. The second-order valence-electron chi connectivity index (χ2n) is 8.64. The lowest BCUT2D eigenvalue weighted by atomic mass is 10.0. The molecule has 1 aliphatic heterocycles. The Hall–Kier alpha value is -4.88. The van der Waals surface area contributed by atoms with E-state index in [-0.39, 0.29) is 39.3 Å². The summed E-state index contributed by atoms with van der Waals surface area (Å²) in [5, 5.41) is 25.5. The van der Waals surface area contributed by atoms with Crippen LogP contribution in [0.4, 0.5) is 5.69 Å². The van der Waals surface area contributed by atoms with Gasteiger partial charge in [-0.1, -0.05) is 18.2 Å². The Bertz CT molecular complexity index is 2020. The van der Waals surface area contributed by atoms with Crippen LogP contribution < -0.4 is 10.6 Å². The fourth-order valence-electron chi connectivity index (χ4n) is 4.09. The molecule has 2 aromatic carbocycles. The maximum atomic E-state index is 13.1. The zero-order valence-electron chi connectivity index (χ0n) is 21.2. The monoisotopic (exact) mass is 596 g/mol. The number of aromatic hydroxyl groups is 1. The lowest BCUT2D eigenvalue weighted by molar-refractivity contribution is -0.114. The molecule has 0 saturated carbocycles. The molecule has 2 heterocycles. The van der Waals surface area contributed by atoms with E-state index in [1.807, 2.05) is 0 Å². The molecule has 13 nitrogen and oxygen atoms in total. The van der Waals surface area contributed by atoms with Crippen LogP contribution in [0.15, 0.2) is 85.9 Å². The summed E-state index contributed by atoms with van der Waals surface area (Å²) < 4.78 is 65.8. The number of carbonyl (C=O) groups is 1. The van der Waals surface area contributed by atoms with Crippen LogP contribution in [0.2, 0.25) is 0 Å². The number of allylic oxidation sites excluding steroid dienone is 2. The first kappa shape index (κ1) is 29.1. The van der Waals surface area contributed by atoms with Crippen molar-refractivity contribution in [3.63, 3.8) is 0 Å². The molecule has 0 unspecified atom stereocenters. The Morgan fingerprint density at radius 2 is 1.59 bits per heavy atom. The van der Waals surface area contributed by atoms with E-state index in [0.29, 0.717) is 0 Å². The van der Waals surface area contributed by atoms with E-state index in [0.717, 1.165) is 39.9 Å². The second-order valence-corrected chi connectivity index (χ2v) is 11.5. The molecule has 0 atom stereocenters. The third-order valence-corrected chi connectivity index (χ3v) is 7.88. The Balaban J connectivity index is 1.76. The van der Waals surface area contributed by atoms with Crippen molar-refractivity contribution < 1.29 is 35.8 Å². The van der Waals surface area contributed by atoms with Crippen LogP contribution in [-0.2, 0) is 25.0 Å². The van der Waals surface area contributed by atoms with Crippen LogP contribution >= 0.6 is 0 Å². The number of para-hydroxylation sites is 1. The van der Waals surface area contributed by atoms with E-state index in [9.17, 15) is 45.9 Å². The quantitative estimate of drug-likeness (QED) is 0.280. The Morgan fingerprint density at radius 3 is 2.17 bits per heavy atom. The molecular weight excluding hydrogens is 576 g/mol. The maximum absolute atomic E-state index is 13.1. The summed E-state index contributed by atoms with van der Waals surface area (Å²) in [4.78, 5) is 25.1. The number of nitriles is 1. The Kier molecular flexibility index (Phi) is 7.52. The summed E-state index contributed by atoms with van der Waals surface area (Å²) in [7, 11) is -9.17. The van der Waals surface area contributed by atoms with Crippen molar-refractivity contribution in [2.75, 3.05) is 5.01 Å². The summed E-state index contributed by atoms with van der Waals surface area (Å²) in [6.45, 7) is 2.93. The lowest BCUT2D eigenvalue weighted by Crippen LogP contribution is -2.23. The number of amides is 1. The van der Waals surface area contributed by atoms with Crippen molar-refractivity contribution in [1.29, 1.82) is 5.26 Å². The third kappa shape index (κ3) is 5.44. The first-order valence-electron chi connectivity index (χ1n) is 11.5. The Labute approximate surface area is 233 Å². The van der Waals surface area contributed by atoms with Gasteiger partial charge in [0.2, 0.25) is 5.88 Å². The molecule has 0 bridgehead atoms. The van der Waals surface area contributed by atoms with Crippen LogP contribution in [0.3, 0.4) is 0 Å². The zero-order valence-corrected chi connectivity index (χ0v) is 22.9. The number of hydrazone groups is 1. The third-order valence-electron chi connectivity index (χ3n) is 6.11. The van der Waals surface area contributed by atoms with Crippen molar-refractivity contribution in [2.45, 2.75) is 23.6 Å². The van der Waals surface area contributed by atoms with Crippen molar-refractivity contribution in [3.8, 4) is 17.6 Å². The van der Waals surface area contributed by atoms with Gasteiger partial charge in [-0.25, -0.2) is 4.57 Å². The molecule has 0 fully saturated rings. The van der Waals surface area contributed by atoms with Crippen molar-refractivity contribution in [1.82, 2.24) is 4.57 Å². The van der Waals surface area contributed by atoms with E-state index in [4.69, 9.17) is 0 Å². The normalized spacial score (nSPS) is 15.0. The topological polar surface area (TPSA) is 207 Å². The molecular formula is C26H20N4O9S2. The van der Waals surface area contributed by atoms with Gasteiger partial charge in [-0.2, -0.15) is 32.2 Å². The Morgan fingerprint density at radius 1 is 0.951 bits per heavy atom. The van der Waals surface area contributed by atoms with Crippen molar-refractivity contribution in [2.24, 2.45) is 5.10 Å². The van der Waals surface area contributed by atoms with Gasteiger partial charge in [0.1, 0.15) is 16.5 Å². The van der Waals surface area contributed by atoms with Gasteiger partial charge in [-0.3, -0.25) is 18.7 Å². The zero-order chi connectivity index (χ0) is 30.3. The molecule has 0 saturated heterocycles. The van der Waals surface area contributed by atoms with Crippen LogP contribution in [-0.4, -0.2) is 47.2 Å². The average molecular weight is 597 g/mol. The van der Waals surface area contributed by atoms with E-state index < -0.39 is 47.4 Å². The molecule has 3 N–H and O–H groups in total. The van der Waals surface area contributed by atoms with Crippen LogP contribution in [0.1, 0.15) is 23.6 Å². The van der Waals surface area contributed by atoms with Gasteiger partial charge in [0.25, 0.3) is 31.7 Å². The van der Waals surface area contributed by atoms with Gasteiger partial charge in [0.15, 0.2) is 0 Å². The molecule has 1 amide bonds. The van der Waals surface area contributed by atoms with E-state index in [1.54, 1.807) is 6.07 Å². The molecule has 0 aliphatic carbocycles. The van der Waals surface area contributed by atoms with Gasteiger partial charge in [-0.05, 0) is 68.0 Å². The summed E-state index contributed by atoms with van der Waals surface area (Å²) in [5.74, 6) is -1.29. The molecule has 1 aromatic heterocycles. The number of anilines is 1. The van der Waals surface area contributed by atoms with E-state index >= 15 is 0 Å². The number of benzene rings is 2. The second kappa shape index (κ2) is 10.6. The van der Waals surface area contributed by atoms with Gasteiger partial charge in [0.05, 0.1) is 27.6 Å². The van der Waals surface area contributed by atoms with E-state index in [1.165, 1.54) is 50.3 Å². The molecule has 4 rings (SSSR count). The first-order valence-corrected chi connectivity index (χ1v) is 14.4. The van der Waals surface area contributed by atoms with Crippen LogP contribution in [0, 0.1) is 18.3 Å². The molecule has 41 heavy (non-hydrogen) atoms. The van der Waals surface area contributed by atoms with E-state index in [2.05, 4.69) is 5.10 Å². The number of hydrogen-bond acceptors (Lipinski definition) is 9. The number of hydrogen-bond donors (Lipinski definition) is 3. The summed E-state index contributed by atoms with van der Waals surface area (Å²) >= 11 is 0. The summed E-state index contributed by atoms with van der Waals surface area (Å²) in [6.07, 6.45) is 4.01. The smallest absolute Gasteiger partial charge is 0.296 e. The number of pyridine rings is 1. The summed E-state index contributed by atoms with van der Waals surface area (Å²) in [6, 6.07) is 11.4. The lowest BCUT2D eigenvalue weighted by Gasteiger charge is -2.15. The fraction of sp³-hybridized carbons (Fsp3) is 0.0769. The molecule has 210 valence electrons. The molecule has 0 spiro atoms. The SMILES string of the molecule is CC1=NN(c2ccccc2S(=O)(=O)O)C(=O)C1=CC=Cc1c(C)c(C#N)c(=O)n(-c2ccc(S(=O)(=O)O)cc2)c1O. The highest BCUT2D eigenvalue weighted by Gasteiger charge is 2.32. The standard InChI is InChI=1S/C26H20N4O9S2/c1-15-19(24(31)29(25(32)21(15)14-27)17-10-12-18(13-11-17)40(34,35)36)6-5-7-20-16(2)28-30(26(20)33)22-8-3-4-9-23(22)41(37,38)39/h3-13,31H,1-2H3,(H,34,35,36)(H,37,38,39). The predicted octanol–water partition coefficient (Wildman–Crippen LogP) is 2.58. The fourth-order valence-corrected chi connectivity index (χ4v) is 5.24. The van der Waals surface area contributed by atoms with Crippen LogP contribution in [0.5, 0.6) is 5.88 Å². The highest BCUT2D eigenvalue weighted by molar-refractivity contribution is 7.86. The van der Waals surface area contributed by atoms with Gasteiger partial charge < -0.3 is 5.11 Å². The maximum Gasteiger partial charge on any atom is 0.296 e. The molecule has 1 aliphatic rings. The van der Waals surface area contributed by atoms with Crippen molar-refractivity contribution in [3.05, 3.63) is 93.3 Å². The minimum absolute atomic E-state index is 0.00601. The molecule has 15 heteroatoms. The predicted molar refractivity (Wildman–Crippen MR) is 147 cm³/mol. The first-order chi connectivity index (χ1) is 19.2. The average Bonchev–Trinajstić information content (AvgIpc) is 3.18. The van der Waals surface area contributed by atoms with Gasteiger partial charge >= 0.3 is 0 Å². The van der Waals surface area contributed by atoms with Gasteiger partial charge in [-0.15, -0.1) is 0 Å². The molecule has 0 radical (unpaired) electrons. The van der Waals surface area contributed by atoms with Crippen LogP contribution in [0.25, 0.3) is 11.8 Å². The number of rotatable bonds is 6. The minimum Gasteiger partial charge on any atom is -0.494 e.